The Morgan fingerprint density at radius 3 is 2.45 bits per heavy atom. The topological polar surface area (TPSA) is 43.7 Å². The number of hydrogen-bond acceptors (Lipinski definition) is 4. The Kier molecular flexibility index (Phi) is 7.81. The summed E-state index contributed by atoms with van der Waals surface area (Å²) in [4.78, 5) is 9.98. The number of nitrogens with zero attached hydrogens (tertiary/aromatic N) is 2. The average molecular weight is 389 g/mol. The Morgan fingerprint density at radius 1 is 0.931 bits per heavy atom. The minimum Gasteiger partial charge on any atom is -0.490 e. The Hall–Kier alpha value is -3.14. The third-order valence-electron chi connectivity index (χ3n) is 4.65. The number of benzene rings is 2. The van der Waals surface area contributed by atoms with E-state index in [0.717, 1.165) is 53.1 Å². The minimum atomic E-state index is 0.413. The first kappa shape index (κ1) is 20.6. The molecule has 2 aromatic carbocycles. The van der Waals surface area contributed by atoms with E-state index in [1.807, 2.05) is 55.6 Å². The third-order valence-corrected chi connectivity index (χ3v) is 4.65. The first-order valence-corrected chi connectivity index (χ1v) is 10.2. The molecule has 0 fully saturated rings. The van der Waals surface area contributed by atoms with Crippen molar-refractivity contribution in [3.8, 4) is 17.0 Å². The fourth-order valence-electron chi connectivity index (χ4n) is 2.98. The van der Waals surface area contributed by atoms with Crippen molar-refractivity contribution < 1.29 is 9.57 Å². The van der Waals surface area contributed by atoms with Crippen LogP contribution in [0.4, 0.5) is 0 Å². The Balaban J connectivity index is 1.60. The first-order valence-electron chi connectivity index (χ1n) is 10.2. The van der Waals surface area contributed by atoms with Crippen molar-refractivity contribution in [1.82, 2.24) is 4.98 Å². The molecule has 0 bridgehead atoms. The molecule has 29 heavy (non-hydrogen) atoms. The minimum absolute atomic E-state index is 0.413. The molecule has 0 aliphatic carbocycles. The van der Waals surface area contributed by atoms with Crippen LogP contribution in [0.3, 0.4) is 0 Å². The van der Waals surface area contributed by atoms with E-state index in [0.29, 0.717) is 13.2 Å². The lowest BCUT2D eigenvalue weighted by atomic mass is 10.0. The zero-order valence-corrected chi connectivity index (χ0v) is 17.2. The summed E-state index contributed by atoms with van der Waals surface area (Å²) >= 11 is 0. The standard InChI is InChI=1S/C25H28N2O2/c1-3-4-10-24(27-29-19-18-28-25-12-6-5-9-20(25)2)22-15-13-21(14-16-22)23-11-7-8-17-26-23/h5-9,11-17H,3-4,10,18-19H2,1-2H3. The van der Waals surface area contributed by atoms with E-state index < -0.39 is 0 Å². The van der Waals surface area contributed by atoms with Crippen LogP contribution in [0.25, 0.3) is 11.3 Å². The summed E-state index contributed by atoms with van der Waals surface area (Å²) < 4.78 is 5.77. The van der Waals surface area contributed by atoms with Gasteiger partial charge < -0.3 is 9.57 Å². The van der Waals surface area contributed by atoms with Crippen LogP contribution in [0, 0.1) is 6.92 Å². The normalized spacial score (nSPS) is 11.3. The van der Waals surface area contributed by atoms with Gasteiger partial charge in [-0.25, -0.2) is 0 Å². The van der Waals surface area contributed by atoms with E-state index in [-0.39, 0.29) is 0 Å². The number of aromatic nitrogens is 1. The van der Waals surface area contributed by atoms with E-state index in [2.05, 4.69) is 41.3 Å². The van der Waals surface area contributed by atoms with Crippen LogP contribution in [0.1, 0.15) is 37.3 Å². The van der Waals surface area contributed by atoms with Crippen molar-refractivity contribution >= 4 is 5.71 Å². The Labute approximate surface area is 173 Å². The van der Waals surface area contributed by atoms with Crippen LogP contribution < -0.4 is 4.74 Å². The maximum Gasteiger partial charge on any atom is 0.151 e. The molecule has 4 nitrogen and oxygen atoms in total. The molecule has 0 aliphatic heterocycles. The molecule has 1 heterocycles. The molecule has 0 radical (unpaired) electrons. The van der Waals surface area contributed by atoms with Crippen LogP contribution in [0.5, 0.6) is 5.75 Å². The number of rotatable bonds is 10. The molecule has 0 unspecified atom stereocenters. The van der Waals surface area contributed by atoms with E-state index in [1.54, 1.807) is 0 Å². The van der Waals surface area contributed by atoms with Crippen molar-refractivity contribution in [2.45, 2.75) is 33.1 Å². The molecule has 0 saturated carbocycles. The van der Waals surface area contributed by atoms with Crippen LogP contribution in [0.15, 0.2) is 78.1 Å². The maximum atomic E-state index is 5.77. The molecule has 0 amide bonds. The predicted octanol–water partition coefficient (Wildman–Crippen LogP) is 6.05. The number of para-hydroxylation sites is 1. The van der Waals surface area contributed by atoms with Gasteiger partial charge in [0.2, 0.25) is 0 Å². The quantitative estimate of drug-likeness (QED) is 0.241. The van der Waals surface area contributed by atoms with Gasteiger partial charge in [0.25, 0.3) is 0 Å². The second-order valence-corrected chi connectivity index (χ2v) is 6.88. The number of oxime groups is 1. The summed E-state index contributed by atoms with van der Waals surface area (Å²) in [5.41, 5.74) is 5.23. The molecule has 1 aromatic heterocycles. The SMILES string of the molecule is CCCCC(=NOCCOc1ccccc1C)c1ccc(-c2ccccn2)cc1. The summed E-state index contributed by atoms with van der Waals surface area (Å²) in [6.45, 7) is 5.09. The maximum absolute atomic E-state index is 5.77. The summed E-state index contributed by atoms with van der Waals surface area (Å²) in [7, 11) is 0. The molecule has 0 spiro atoms. The number of pyridine rings is 1. The van der Waals surface area contributed by atoms with Gasteiger partial charge in [0.05, 0.1) is 11.4 Å². The van der Waals surface area contributed by atoms with E-state index in [4.69, 9.17) is 9.57 Å². The average Bonchev–Trinajstić information content (AvgIpc) is 2.77. The number of aryl methyl sites for hydroxylation is 1. The summed E-state index contributed by atoms with van der Waals surface area (Å²) in [6, 6.07) is 22.3. The van der Waals surface area contributed by atoms with Crippen LogP contribution in [-0.4, -0.2) is 23.9 Å². The molecule has 3 rings (SSSR count). The second-order valence-electron chi connectivity index (χ2n) is 6.88. The molecule has 0 atom stereocenters. The zero-order chi connectivity index (χ0) is 20.3. The molecule has 0 saturated heterocycles. The Morgan fingerprint density at radius 2 is 1.72 bits per heavy atom. The first-order chi connectivity index (χ1) is 14.3. The molecule has 3 aromatic rings. The fraction of sp³-hybridized carbons (Fsp3) is 0.280. The largest absolute Gasteiger partial charge is 0.490 e. The lowest BCUT2D eigenvalue weighted by Gasteiger charge is -2.10. The molecular formula is C25H28N2O2. The van der Waals surface area contributed by atoms with Gasteiger partial charge in [-0.2, -0.15) is 0 Å². The van der Waals surface area contributed by atoms with Gasteiger partial charge in [0.15, 0.2) is 6.61 Å². The van der Waals surface area contributed by atoms with E-state index in [1.165, 1.54) is 0 Å². The highest BCUT2D eigenvalue weighted by Crippen LogP contribution is 2.19. The highest BCUT2D eigenvalue weighted by Gasteiger charge is 2.06. The third kappa shape index (κ3) is 6.18. The number of hydrogen-bond donors (Lipinski definition) is 0. The smallest absolute Gasteiger partial charge is 0.151 e. The molecule has 0 aliphatic rings. The van der Waals surface area contributed by atoms with Crippen molar-refractivity contribution in [2.24, 2.45) is 5.16 Å². The van der Waals surface area contributed by atoms with Gasteiger partial charge in [-0.05, 0) is 49.1 Å². The second kappa shape index (κ2) is 11.0. The lowest BCUT2D eigenvalue weighted by Crippen LogP contribution is -2.08. The van der Waals surface area contributed by atoms with Crippen LogP contribution >= 0.6 is 0 Å². The summed E-state index contributed by atoms with van der Waals surface area (Å²) in [5.74, 6) is 0.886. The van der Waals surface area contributed by atoms with Crippen LogP contribution in [-0.2, 0) is 4.84 Å². The van der Waals surface area contributed by atoms with E-state index >= 15 is 0 Å². The van der Waals surface area contributed by atoms with Gasteiger partial charge in [-0.1, -0.05) is 67.0 Å². The highest BCUT2D eigenvalue weighted by molar-refractivity contribution is 6.00. The molecular weight excluding hydrogens is 360 g/mol. The lowest BCUT2D eigenvalue weighted by molar-refractivity contribution is 0.106. The van der Waals surface area contributed by atoms with Gasteiger partial charge in [-0.3, -0.25) is 4.98 Å². The summed E-state index contributed by atoms with van der Waals surface area (Å²) in [5, 5.41) is 4.41. The molecule has 150 valence electrons. The highest BCUT2D eigenvalue weighted by atomic mass is 16.6. The van der Waals surface area contributed by atoms with Gasteiger partial charge in [0.1, 0.15) is 12.4 Å². The van der Waals surface area contributed by atoms with Crippen molar-refractivity contribution in [3.05, 3.63) is 84.1 Å². The fourth-order valence-corrected chi connectivity index (χ4v) is 2.98. The van der Waals surface area contributed by atoms with Crippen LogP contribution in [0.2, 0.25) is 0 Å². The molecule has 0 N–H and O–H groups in total. The monoisotopic (exact) mass is 388 g/mol. The predicted molar refractivity (Wildman–Crippen MR) is 118 cm³/mol. The van der Waals surface area contributed by atoms with Gasteiger partial charge in [-0.15, -0.1) is 0 Å². The zero-order valence-electron chi connectivity index (χ0n) is 17.2. The number of unbranched alkanes of at least 4 members (excludes halogenated alkanes) is 1. The van der Waals surface area contributed by atoms with Crippen molar-refractivity contribution in [3.63, 3.8) is 0 Å². The number of ether oxygens (including phenoxy) is 1. The molecule has 4 heteroatoms. The van der Waals surface area contributed by atoms with E-state index in [9.17, 15) is 0 Å². The van der Waals surface area contributed by atoms with Gasteiger partial charge >= 0.3 is 0 Å². The van der Waals surface area contributed by atoms with Crippen molar-refractivity contribution in [1.29, 1.82) is 0 Å². The van der Waals surface area contributed by atoms with Crippen molar-refractivity contribution in [2.75, 3.05) is 13.2 Å². The Bertz CT molecular complexity index is 906. The summed E-state index contributed by atoms with van der Waals surface area (Å²) in [6.07, 6.45) is 4.88. The van der Waals surface area contributed by atoms with Gasteiger partial charge in [0, 0.05) is 11.8 Å².